The van der Waals surface area contributed by atoms with Gasteiger partial charge in [-0.3, -0.25) is 0 Å². The Kier molecular flexibility index (Phi) is 6.68. The van der Waals surface area contributed by atoms with Crippen molar-refractivity contribution in [3.63, 3.8) is 0 Å². The Bertz CT molecular complexity index is 1230. The van der Waals surface area contributed by atoms with Crippen molar-refractivity contribution in [2.75, 3.05) is 0 Å². The average molecular weight is 452 g/mol. The molecule has 0 bridgehead atoms. The van der Waals surface area contributed by atoms with Gasteiger partial charge in [0, 0.05) is 5.39 Å². The normalized spacial score (nSPS) is 11.7. The van der Waals surface area contributed by atoms with E-state index >= 15 is 4.39 Å². The standard InChI is InChI=1S/C28H24F4O/c1-2-3-19-4-9-21(10-5-19)23-14-17-26-24(18-23)13-12-22(27(26)29)11-6-20-7-15-25(16-8-20)33-28(30,31)32/h4-5,7-10,12-18H,2-3,6,11H2,1H3. The second kappa shape index (κ2) is 9.65. The molecule has 1 nitrogen and oxygen atoms in total. The number of ether oxygens (including phenoxy) is 1. The first kappa shape index (κ1) is 22.8. The van der Waals surface area contributed by atoms with E-state index in [2.05, 4.69) is 35.9 Å². The van der Waals surface area contributed by atoms with Crippen molar-refractivity contribution in [2.45, 2.75) is 39.0 Å². The minimum absolute atomic E-state index is 0.255. The van der Waals surface area contributed by atoms with Gasteiger partial charge in [0.15, 0.2) is 0 Å². The number of benzene rings is 4. The predicted octanol–water partition coefficient (Wildman–Crippen LogP) is 8.28. The highest BCUT2D eigenvalue weighted by Crippen LogP contribution is 2.29. The van der Waals surface area contributed by atoms with Gasteiger partial charge in [-0.2, -0.15) is 0 Å². The number of hydrogen-bond donors (Lipinski definition) is 0. The lowest BCUT2D eigenvalue weighted by molar-refractivity contribution is -0.274. The molecule has 4 aromatic carbocycles. The predicted molar refractivity (Wildman–Crippen MR) is 124 cm³/mol. The van der Waals surface area contributed by atoms with Crippen LogP contribution < -0.4 is 4.74 Å². The van der Waals surface area contributed by atoms with Crippen molar-refractivity contribution < 1.29 is 22.3 Å². The minimum Gasteiger partial charge on any atom is -0.406 e. The maximum atomic E-state index is 15.1. The molecule has 0 fully saturated rings. The first-order valence-corrected chi connectivity index (χ1v) is 11.0. The topological polar surface area (TPSA) is 9.23 Å². The molecule has 170 valence electrons. The van der Waals surface area contributed by atoms with Gasteiger partial charge in [0.1, 0.15) is 11.6 Å². The van der Waals surface area contributed by atoms with Gasteiger partial charge in [-0.15, -0.1) is 13.2 Å². The molecule has 33 heavy (non-hydrogen) atoms. The van der Waals surface area contributed by atoms with Gasteiger partial charge < -0.3 is 4.74 Å². The lowest BCUT2D eigenvalue weighted by atomic mass is 9.96. The molecule has 0 radical (unpaired) electrons. The second-order valence-corrected chi connectivity index (χ2v) is 8.11. The highest BCUT2D eigenvalue weighted by Gasteiger charge is 2.30. The Morgan fingerprint density at radius 1 is 0.697 bits per heavy atom. The molecule has 0 amide bonds. The molecule has 0 aromatic heterocycles. The van der Waals surface area contributed by atoms with Gasteiger partial charge in [0.25, 0.3) is 0 Å². The zero-order chi connectivity index (χ0) is 23.4. The maximum absolute atomic E-state index is 15.1. The van der Waals surface area contributed by atoms with Crippen molar-refractivity contribution in [2.24, 2.45) is 0 Å². The first-order chi connectivity index (χ1) is 15.8. The molecule has 0 unspecified atom stereocenters. The smallest absolute Gasteiger partial charge is 0.406 e. The van der Waals surface area contributed by atoms with Crippen molar-refractivity contribution >= 4 is 10.8 Å². The highest BCUT2D eigenvalue weighted by molar-refractivity contribution is 5.88. The third kappa shape index (κ3) is 5.72. The molecule has 0 aliphatic carbocycles. The molecule has 5 heteroatoms. The van der Waals surface area contributed by atoms with Crippen LogP contribution >= 0.6 is 0 Å². The molecule has 0 aliphatic heterocycles. The quantitative estimate of drug-likeness (QED) is 0.256. The van der Waals surface area contributed by atoms with Gasteiger partial charge >= 0.3 is 6.36 Å². The summed E-state index contributed by atoms with van der Waals surface area (Å²) in [5, 5.41) is 1.40. The van der Waals surface area contributed by atoms with Crippen LogP contribution in [0.25, 0.3) is 21.9 Å². The van der Waals surface area contributed by atoms with E-state index in [1.807, 2.05) is 24.3 Å². The molecule has 0 saturated carbocycles. The van der Waals surface area contributed by atoms with Gasteiger partial charge in [-0.1, -0.05) is 74.0 Å². The number of hydrogen-bond acceptors (Lipinski definition) is 1. The molecule has 4 aromatic rings. The van der Waals surface area contributed by atoms with E-state index < -0.39 is 6.36 Å². The number of rotatable bonds is 7. The monoisotopic (exact) mass is 452 g/mol. The van der Waals surface area contributed by atoms with E-state index in [1.54, 1.807) is 18.2 Å². The van der Waals surface area contributed by atoms with Gasteiger partial charge in [-0.05, 0) is 70.7 Å². The molecule has 0 saturated heterocycles. The van der Waals surface area contributed by atoms with Crippen molar-refractivity contribution in [1.82, 2.24) is 0 Å². The molecular formula is C28H24F4O. The van der Waals surface area contributed by atoms with Crippen LogP contribution in [-0.2, 0) is 19.3 Å². The lowest BCUT2D eigenvalue weighted by Gasteiger charge is -2.11. The third-order valence-corrected chi connectivity index (χ3v) is 5.70. The highest BCUT2D eigenvalue weighted by atomic mass is 19.4. The summed E-state index contributed by atoms with van der Waals surface area (Å²) < 4.78 is 55.9. The van der Waals surface area contributed by atoms with Crippen molar-refractivity contribution in [3.05, 3.63) is 101 Å². The summed E-state index contributed by atoms with van der Waals surface area (Å²) >= 11 is 0. The van der Waals surface area contributed by atoms with E-state index in [0.717, 1.165) is 34.9 Å². The first-order valence-electron chi connectivity index (χ1n) is 11.0. The molecule has 0 spiro atoms. The molecule has 4 rings (SSSR count). The zero-order valence-corrected chi connectivity index (χ0v) is 18.3. The minimum atomic E-state index is -4.71. The van der Waals surface area contributed by atoms with Gasteiger partial charge in [0.2, 0.25) is 0 Å². The SMILES string of the molecule is CCCc1ccc(-c2ccc3c(F)c(CCc4ccc(OC(F)(F)F)cc4)ccc3c2)cc1. The Labute approximate surface area is 190 Å². The molecule has 0 aliphatic rings. The lowest BCUT2D eigenvalue weighted by Crippen LogP contribution is -2.17. The Morgan fingerprint density at radius 2 is 1.33 bits per heavy atom. The van der Waals surface area contributed by atoms with Crippen LogP contribution in [0, 0.1) is 5.82 Å². The van der Waals surface area contributed by atoms with Gasteiger partial charge in [-0.25, -0.2) is 4.39 Å². The second-order valence-electron chi connectivity index (χ2n) is 8.11. The molecule has 0 N–H and O–H groups in total. The third-order valence-electron chi connectivity index (χ3n) is 5.70. The summed E-state index contributed by atoms with van der Waals surface area (Å²) in [6, 6.07) is 23.6. The fourth-order valence-electron chi connectivity index (χ4n) is 4.00. The van der Waals surface area contributed by atoms with E-state index in [-0.39, 0.29) is 11.6 Å². The summed E-state index contributed by atoms with van der Waals surface area (Å²) in [5.74, 6) is -0.520. The molecule has 0 atom stereocenters. The van der Waals surface area contributed by atoms with Crippen LogP contribution in [-0.4, -0.2) is 6.36 Å². The Balaban J connectivity index is 1.48. The summed E-state index contributed by atoms with van der Waals surface area (Å²) in [6.45, 7) is 2.16. The van der Waals surface area contributed by atoms with Crippen molar-refractivity contribution in [1.29, 1.82) is 0 Å². The largest absolute Gasteiger partial charge is 0.573 e. The molecular weight excluding hydrogens is 428 g/mol. The van der Waals surface area contributed by atoms with E-state index in [1.165, 1.54) is 17.7 Å². The van der Waals surface area contributed by atoms with E-state index in [9.17, 15) is 13.2 Å². The summed E-state index contributed by atoms with van der Waals surface area (Å²) in [5.41, 5.74) is 4.83. The van der Waals surface area contributed by atoms with Crippen LogP contribution in [0.1, 0.15) is 30.0 Å². The Morgan fingerprint density at radius 3 is 2.00 bits per heavy atom. The van der Waals surface area contributed by atoms with Gasteiger partial charge in [0.05, 0.1) is 0 Å². The van der Waals surface area contributed by atoms with Crippen molar-refractivity contribution in [3.8, 4) is 16.9 Å². The summed E-state index contributed by atoms with van der Waals surface area (Å²) in [6.07, 6.45) is -1.60. The fraction of sp³-hybridized carbons (Fsp3) is 0.214. The summed E-state index contributed by atoms with van der Waals surface area (Å²) in [7, 11) is 0. The fourth-order valence-corrected chi connectivity index (χ4v) is 4.00. The maximum Gasteiger partial charge on any atom is 0.573 e. The molecule has 0 heterocycles. The van der Waals surface area contributed by atoms with E-state index in [0.29, 0.717) is 23.8 Å². The zero-order valence-electron chi connectivity index (χ0n) is 18.3. The summed E-state index contributed by atoms with van der Waals surface area (Å²) in [4.78, 5) is 0. The number of halogens is 4. The number of alkyl halides is 3. The number of aryl methyl sites for hydroxylation is 3. The average Bonchev–Trinajstić information content (AvgIpc) is 2.79. The Hall–Kier alpha value is -3.34. The van der Waals surface area contributed by atoms with Crippen LogP contribution in [0.2, 0.25) is 0 Å². The van der Waals surface area contributed by atoms with E-state index in [4.69, 9.17) is 0 Å². The van der Waals surface area contributed by atoms with Crippen LogP contribution in [0.5, 0.6) is 5.75 Å². The van der Waals surface area contributed by atoms with Crippen LogP contribution in [0.3, 0.4) is 0 Å². The van der Waals surface area contributed by atoms with Crippen LogP contribution in [0.15, 0.2) is 78.9 Å². The number of fused-ring (bicyclic) bond motifs is 1. The van der Waals surface area contributed by atoms with Crippen LogP contribution in [0.4, 0.5) is 17.6 Å².